The molecule has 0 bridgehead atoms. The number of Topliss-reactive ketones (excluding diaryl/α,β-unsaturated/α-hetero) is 1. The highest BCUT2D eigenvalue weighted by Crippen LogP contribution is 2.31. The maximum atomic E-state index is 13.4. The quantitative estimate of drug-likeness (QED) is 0.929. The predicted octanol–water partition coefficient (Wildman–Crippen LogP) is 3.09. The number of hydrogen-bond acceptors (Lipinski definition) is 2. The summed E-state index contributed by atoms with van der Waals surface area (Å²) in [5, 5.41) is 3.26. The Morgan fingerprint density at radius 1 is 1.44 bits per heavy atom. The van der Waals surface area contributed by atoms with Crippen LogP contribution in [0.1, 0.15) is 25.3 Å². The molecule has 98 valence electrons. The molecule has 4 heteroatoms. The molecule has 0 aliphatic carbocycles. The maximum absolute atomic E-state index is 13.4. The highest BCUT2D eigenvalue weighted by atomic mass is 79.9. The summed E-state index contributed by atoms with van der Waals surface area (Å²) in [6.45, 7) is 3.78. The summed E-state index contributed by atoms with van der Waals surface area (Å²) in [6, 6.07) is 4.84. The van der Waals surface area contributed by atoms with Crippen LogP contribution in [0.25, 0.3) is 0 Å². The minimum atomic E-state index is -0.309. The van der Waals surface area contributed by atoms with Gasteiger partial charge in [0.05, 0.1) is 4.47 Å². The summed E-state index contributed by atoms with van der Waals surface area (Å²) >= 11 is 3.21. The van der Waals surface area contributed by atoms with Gasteiger partial charge in [-0.3, -0.25) is 4.79 Å². The van der Waals surface area contributed by atoms with Crippen molar-refractivity contribution < 1.29 is 9.18 Å². The molecule has 18 heavy (non-hydrogen) atoms. The van der Waals surface area contributed by atoms with Crippen molar-refractivity contribution in [1.82, 2.24) is 5.32 Å². The summed E-state index contributed by atoms with van der Waals surface area (Å²) < 4.78 is 13.8. The van der Waals surface area contributed by atoms with Crippen molar-refractivity contribution in [2.24, 2.45) is 5.41 Å². The van der Waals surface area contributed by atoms with Crippen LogP contribution in [0.15, 0.2) is 22.7 Å². The molecule has 0 saturated carbocycles. The van der Waals surface area contributed by atoms with E-state index in [2.05, 4.69) is 21.2 Å². The van der Waals surface area contributed by atoms with E-state index in [1.54, 1.807) is 12.1 Å². The fraction of sp³-hybridized carbons (Fsp3) is 0.500. The lowest BCUT2D eigenvalue weighted by Gasteiger charge is -2.32. The van der Waals surface area contributed by atoms with E-state index in [4.69, 9.17) is 0 Å². The Labute approximate surface area is 115 Å². The van der Waals surface area contributed by atoms with Crippen LogP contribution in [0.2, 0.25) is 0 Å². The van der Waals surface area contributed by atoms with E-state index in [0.29, 0.717) is 10.9 Å². The van der Waals surface area contributed by atoms with E-state index in [-0.39, 0.29) is 17.0 Å². The molecule has 1 aliphatic rings. The Hall–Kier alpha value is -0.740. The minimum absolute atomic E-state index is 0.204. The summed E-state index contributed by atoms with van der Waals surface area (Å²) in [7, 11) is 0. The second kappa shape index (κ2) is 5.49. The summed E-state index contributed by atoms with van der Waals surface area (Å²) in [4.78, 5) is 12.4. The molecule has 1 N–H and O–H groups in total. The molecule has 2 nitrogen and oxygen atoms in total. The molecular formula is C14H17BrFNO. The molecular weight excluding hydrogens is 297 g/mol. The Kier molecular flexibility index (Phi) is 4.17. The molecule has 2 rings (SSSR count). The van der Waals surface area contributed by atoms with Crippen LogP contribution in [0.5, 0.6) is 0 Å². The van der Waals surface area contributed by atoms with Gasteiger partial charge < -0.3 is 5.32 Å². The molecule has 1 saturated heterocycles. The van der Waals surface area contributed by atoms with Crippen LogP contribution in [0, 0.1) is 11.2 Å². The maximum Gasteiger partial charge on any atom is 0.143 e. The van der Waals surface area contributed by atoms with E-state index >= 15 is 0 Å². The van der Waals surface area contributed by atoms with Crippen molar-refractivity contribution in [3.63, 3.8) is 0 Å². The smallest absolute Gasteiger partial charge is 0.143 e. The fourth-order valence-electron chi connectivity index (χ4n) is 2.33. The van der Waals surface area contributed by atoms with Gasteiger partial charge in [0, 0.05) is 11.8 Å². The lowest BCUT2D eigenvalue weighted by atomic mass is 9.75. The van der Waals surface area contributed by atoms with Crippen molar-refractivity contribution in [2.45, 2.75) is 26.2 Å². The van der Waals surface area contributed by atoms with Gasteiger partial charge in [0.25, 0.3) is 0 Å². The number of hydrogen-bond donors (Lipinski definition) is 1. The van der Waals surface area contributed by atoms with Crippen LogP contribution in [-0.2, 0) is 11.2 Å². The molecule has 0 amide bonds. The van der Waals surface area contributed by atoms with Gasteiger partial charge in [-0.2, -0.15) is 0 Å². The van der Waals surface area contributed by atoms with Gasteiger partial charge in [-0.05, 0) is 53.5 Å². The Balaban J connectivity index is 2.13. The third-order valence-electron chi connectivity index (χ3n) is 3.76. The van der Waals surface area contributed by atoms with E-state index in [9.17, 15) is 9.18 Å². The number of carbonyl (C=O) groups excluding carboxylic acids is 1. The molecule has 0 unspecified atom stereocenters. The van der Waals surface area contributed by atoms with Crippen LogP contribution in [0.4, 0.5) is 4.39 Å². The number of halogens is 2. The van der Waals surface area contributed by atoms with E-state index in [1.165, 1.54) is 6.07 Å². The Bertz CT molecular complexity index is 455. The van der Waals surface area contributed by atoms with Crippen molar-refractivity contribution in [3.05, 3.63) is 34.1 Å². The van der Waals surface area contributed by atoms with Gasteiger partial charge in [0.1, 0.15) is 11.6 Å². The monoisotopic (exact) mass is 313 g/mol. The fourth-order valence-corrected chi connectivity index (χ4v) is 2.73. The number of carbonyl (C=O) groups is 1. The molecule has 0 aromatic heterocycles. The van der Waals surface area contributed by atoms with E-state index in [1.807, 2.05) is 6.92 Å². The molecule has 0 spiro atoms. The number of ketones is 1. The van der Waals surface area contributed by atoms with Crippen molar-refractivity contribution >= 4 is 21.7 Å². The minimum Gasteiger partial charge on any atom is -0.317 e. The summed E-state index contributed by atoms with van der Waals surface area (Å²) in [5.74, 6) is -0.105. The second-order valence-electron chi connectivity index (χ2n) is 5.12. The standard InChI is InChI=1S/C14H17BrFNO/c1-14(5-7-17-8-6-14)12(18)9-10-3-2-4-11(16)13(10)15/h2-4,17H,5-9H2,1H3. The number of piperidine rings is 1. The van der Waals surface area contributed by atoms with Gasteiger partial charge in [-0.25, -0.2) is 4.39 Å². The number of rotatable bonds is 3. The molecule has 1 aliphatic heterocycles. The second-order valence-corrected chi connectivity index (χ2v) is 5.92. The Morgan fingerprint density at radius 2 is 2.11 bits per heavy atom. The van der Waals surface area contributed by atoms with Crippen LogP contribution >= 0.6 is 15.9 Å². The average Bonchev–Trinajstić information content (AvgIpc) is 2.36. The SMILES string of the molecule is CC1(C(=O)Cc2cccc(F)c2Br)CCNCC1. The van der Waals surface area contributed by atoms with Gasteiger partial charge in [0.15, 0.2) is 0 Å². The molecule has 0 radical (unpaired) electrons. The molecule has 1 aromatic rings. The Morgan fingerprint density at radius 3 is 2.78 bits per heavy atom. The third-order valence-corrected chi connectivity index (χ3v) is 4.65. The van der Waals surface area contributed by atoms with Gasteiger partial charge >= 0.3 is 0 Å². The first kappa shape index (κ1) is 13.7. The average molecular weight is 314 g/mol. The van der Waals surface area contributed by atoms with Crippen LogP contribution in [0.3, 0.4) is 0 Å². The zero-order valence-corrected chi connectivity index (χ0v) is 12.0. The highest BCUT2D eigenvalue weighted by Gasteiger charge is 2.34. The first-order chi connectivity index (χ1) is 8.53. The van der Waals surface area contributed by atoms with Crippen molar-refractivity contribution in [1.29, 1.82) is 0 Å². The first-order valence-electron chi connectivity index (χ1n) is 6.20. The molecule has 1 aromatic carbocycles. The van der Waals surface area contributed by atoms with Crippen LogP contribution < -0.4 is 5.32 Å². The van der Waals surface area contributed by atoms with Gasteiger partial charge in [-0.15, -0.1) is 0 Å². The lowest BCUT2D eigenvalue weighted by molar-refractivity contribution is -0.128. The van der Waals surface area contributed by atoms with Gasteiger partial charge in [0.2, 0.25) is 0 Å². The normalized spacial score (nSPS) is 18.6. The van der Waals surface area contributed by atoms with E-state index < -0.39 is 0 Å². The third kappa shape index (κ3) is 2.81. The summed E-state index contributed by atoms with van der Waals surface area (Å²) in [5.41, 5.74) is 0.469. The molecule has 0 atom stereocenters. The van der Waals surface area contributed by atoms with Crippen molar-refractivity contribution in [2.75, 3.05) is 13.1 Å². The number of nitrogens with one attached hydrogen (secondary N) is 1. The number of benzene rings is 1. The van der Waals surface area contributed by atoms with Crippen LogP contribution in [-0.4, -0.2) is 18.9 Å². The predicted molar refractivity (Wildman–Crippen MR) is 73.0 cm³/mol. The highest BCUT2D eigenvalue weighted by molar-refractivity contribution is 9.10. The van der Waals surface area contributed by atoms with Crippen molar-refractivity contribution in [3.8, 4) is 0 Å². The van der Waals surface area contributed by atoms with E-state index in [0.717, 1.165) is 31.5 Å². The first-order valence-corrected chi connectivity index (χ1v) is 6.99. The lowest BCUT2D eigenvalue weighted by Crippen LogP contribution is -2.40. The zero-order chi connectivity index (χ0) is 13.2. The zero-order valence-electron chi connectivity index (χ0n) is 10.4. The van der Waals surface area contributed by atoms with Gasteiger partial charge in [-0.1, -0.05) is 19.1 Å². The molecule has 1 fully saturated rings. The summed E-state index contributed by atoms with van der Waals surface area (Å²) in [6.07, 6.45) is 2.02. The molecule has 1 heterocycles. The topological polar surface area (TPSA) is 29.1 Å². The largest absolute Gasteiger partial charge is 0.317 e.